The fourth-order valence-corrected chi connectivity index (χ4v) is 5.27. The number of rotatable bonds is 2. The summed E-state index contributed by atoms with van der Waals surface area (Å²) in [5, 5.41) is 4.50. The summed E-state index contributed by atoms with van der Waals surface area (Å²) in [4.78, 5) is 10.4. The summed E-state index contributed by atoms with van der Waals surface area (Å²) < 4.78 is 8.24. The van der Waals surface area contributed by atoms with Crippen LogP contribution in [0.3, 0.4) is 0 Å². The van der Waals surface area contributed by atoms with Crippen LogP contribution >= 0.6 is 11.3 Å². The number of benzene rings is 2. The number of aromatic nitrogens is 3. The maximum Gasteiger partial charge on any atom is 0.135 e. The Balaban J connectivity index is 1.43. The molecule has 0 atom stereocenters. The van der Waals surface area contributed by atoms with Crippen LogP contribution in [0.5, 0.6) is 0 Å². The highest BCUT2D eigenvalue weighted by Gasteiger charge is 2.15. The highest BCUT2D eigenvalue weighted by molar-refractivity contribution is 7.14. The molecule has 5 heterocycles. The van der Waals surface area contributed by atoms with Crippen LogP contribution in [-0.2, 0) is 0 Å². The van der Waals surface area contributed by atoms with Crippen molar-refractivity contribution in [3.8, 4) is 16.1 Å². The Labute approximate surface area is 181 Å². The molecule has 0 radical (unpaired) electrons. The van der Waals surface area contributed by atoms with E-state index in [2.05, 4.69) is 68.4 Å². The maximum atomic E-state index is 5.99. The Morgan fingerprint density at radius 2 is 1.45 bits per heavy atom. The molecule has 146 valence electrons. The number of para-hydroxylation sites is 1. The van der Waals surface area contributed by atoms with E-state index in [1.54, 1.807) is 11.3 Å². The molecule has 0 amide bonds. The van der Waals surface area contributed by atoms with Crippen molar-refractivity contribution in [2.24, 2.45) is 0 Å². The van der Waals surface area contributed by atoms with E-state index >= 15 is 0 Å². The van der Waals surface area contributed by atoms with Crippen LogP contribution in [0, 0.1) is 0 Å². The standard InChI is InChI=1S/C26H15N3OS/c1-2-8-22-18(5-1)19-13-16(9-10-23(19)30-22)24-14-17(15-31-24)29-20-6-3-11-27-25(20)26-21(29)7-4-12-28-26/h1-15H. The predicted octanol–water partition coefficient (Wildman–Crippen LogP) is 7.20. The number of furan rings is 1. The lowest BCUT2D eigenvalue weighted by atomic mass is 10.1. The van der Waals surface area contributed by atoms with Crippen LogP contribution < -0.4 is 0 Å². The van der Waals surface area contributed by atoms with E-state index in [9.17, 15) is 0 Å². The second kappa shape index (κ2) is 6.27. The Morgan fingerprint density at radius 3 is 2.26 bits per heavy atom. The summed E-state index contributed by atoms with van der Waals surface area (Å²) >= 11 is 1.74. The molecule has 0 spiro atoms. The minimum absolute atomic E-state index is 0.918. The van der Waals surface area contributed by atoms with Gasteiger partial charge in [0.2, 0.25) is 0 Å². The minimum Gasteiger partial charge on any atom is -0.456 e. The topological polar surface area (TPSA) is 43.9 Å². The zero-order valence-corrected chi connectivity index (χ0v) is 17.1. The van der Waals surface area contributed by atoms with Gasteiger partial charge in [-0.3, -0.25) is 9.97 Å². The zero-order valence-electron chi connectivity index (χ0n) is 16.3. The predicted molar refractivity (Wildman–Crippen MR) is 127 cm³/mol. The Morgan fingerprint density at radius 1 is 0.710 bits per heavy atom. The molecule has 2 aromatic carbocycles. The molecule has 4 nitrogen and oxygen atoms in total. The summed E-state index contributed by atoms with van der Waals surface area (Å²) in [6.45, 7) is 0. The van der Waals surface area contributed by atoms with Gasteiger partial charge in [-0.15, -0.1) is 11.3 Å². The first-order valence-electron chi connectivity index (χ1n) is 10.1. The van der Waals surface area contributed by atoms with Crippen molar-refractivity contribution in [1.82, 2.24) is 14.5 Å². The molecule has 5 aromatic heterocycles. The largest absolute Gasteiger partial charge is 0.456 e. The normalized spacial score (nSPS) is 11.9. The van der Waals surface area contributed by atoms with E-state index in [1.807, 2.05) is 36.7 Å². The zero-order chi connectivity index (χ0) is 20.4. The molecule has 0 aliphatic carbocycles. The van der Waals surface area contributed by atoms with E-state index < -0.39 is 0 Å². The molecule has 0 unspecified atom stereocenters. The van der Waals surface area contributed by atoms with Crippen LogP contribution in [0.15, 0.2) is 95.0 Å². The van der Waals surface area contributed by atoms with Gasteiger partial charge in [0.1, 0.15) is 22.2 Å². The SMILES string of the molecule is c1ccc2c(c1)oc1ccc(-c3cc(-n4c5cccnc5c5ncccc54)cs3)cc12. The minimum atomic E-state index is 0.918. The molecule has 7 rings (SSSR count). The summed E-state index contributed by atoms with van der Waals surface area (Å²) in [7, 11) is 0. The number of fused-ring (bicyclic) bond motifs is 6. The highest BCUT2D eigenvalue weighted by Crippen LogP contribution is 2.37. The smallest absolute Gasteiger partial charge is 0.135 e. The first-order chi connectivity index (χ1) is 15.4. The second-order valence-corrected chi connectivity index (χ2v) is 8.47. The van der Waals surface area contributed by atoms with Gasteiger partial charge in [-0.25, -0.2) is 0 Å². The first-order valence-corrected chi connectivity index (χ1v) is 11.0. The van der Waals surface area contributed by atoms with Crippen molar-refractivity contribution < 1.29 is 4.42 Å². The van der Waals surface area contributed by atoms with Gasteiger partial charge in [0.15, 0.2) is 0 Å². The van der Waals surface area contributed by atoms with E-state index in [4.69, 9.17) is 4.42 Å². The molecule has 0 aliphatic rings. The van der Waals surface area contributed by atoms with Gasteiger partial charge < -0.3 is 8.98 Å². The molecule has 0 bridgehead atoms. The molecular formula is C26H15N3OS. The molecule has 0 N–H and O–H groups in total. The average molecular weight is 417 g/mol. The number of pyridine rings is 2. The molecule has 0 fully saturated rings. The van der Waals surface area contributed by atoms with Crippen LogP contribution in [0.4, 0.5) is 0 Å². The van der Waals surface area contributed by atoms with Crippen LogP contribution in [0.25, 0.3) is 60.1 Å². The lowest BCUT2D eigenvalue weighted by molar-refractivity contribution is 0.669. The van der Waals surface area contributed by atoms with Crippen molar-refractivity contribution in [2.45, 2.75) is 0 Å². The van der Waals surface area contributed by atoms with Crippen LogP contribution in [0.1, 0.15) is 0 Å². The van der Waals surface area contributed by atoms with E-state index in [-0.39, 0.29) is 0 Å². The summed E-state index contributed by atoms with van der Waals surface area (Å²) in [6.07, 6.45) is 3.65. The number of nitrogens with zero attached hydrogens (tertiary/aromatic N) is 3. The lowest BCUT2D eigenvalue weighted by Crippen LogP contribution is -1.91. The van der Waals surface area contributed by atoms with Gasteiger partial charge in [0.25, 0.3) is 0 Å². The quantitative estimate of drug-likeness (QED) is 0.299. The Bertz CT molecular complexity index is 1700. The van der Waals surface area contributed by atoms with Crippen molar-refractivity contribution >= 4 is 55.3 Å². The maximum absolute atomic E-state index is 5.99. The van der Waals surface area contributed by atoms with Gasteiger partial charge in [-0.05, 0) is 60.2 Å². The third-order valence-corrected chi connectivity index (χ3v) is 6.75. The fraction of sp³-hybridized carbons (Fsp3) is 0. The van der Waals surface area contributed by atoms with Crippen molar-refractivity contribution in [2.75, 3.05) is 0 Å². The third kappa shape index (κ3) is 2.41. The molecule has 31 heavy (non-hydrogen) atoms. The first kappa shape index (κ1) is 16.8. The Kier molecular flexibility index (Phi) is 3.40. The van der Waals surface area contributed by atoms with E-state index in [0.717, 1.165) is 49.7 Å². The molecule has 0 saturated heterocycles. The molecule has 0 saturated carbocycles. The van der Waals surface area contributed by atoms with Crippen molar-refractivity contribution in [3.05, 3.63) is 90.6 Å². The third-order valence-electron chi connectivity index (χ3n) is 5.78. The number of thiophene rings is 1. The van der Waals surface area contributed by atoms with Gasteiger partial charge >= 0.3 is 0 Å². The lowest BCUT2D eigenvalue weighted by Gasteiger charge is -2.03. The van der Waals surface area contributed by atoms with E-state index in [0.29, 0.717) is 0 Å². The monoisotopic (exact) mass is 417 g/mol. The highest BCUT2D eigenvalue weighted by atomic mass is 32.1. The molecule has 0 aliphatic heterocycles. The van der Waals surface area contributed by atoms with Crippen LogP contribution in [-0.4, -0.2) is 14.5 Å². The second-order valence-electron chi connectivity index (χ2n) is 7.56. The van der Waals surface area contributed by atoms with Crippen molar-refractivity contribution in [3.63, 3.8) is 0 Å². The average Bonchev–Trinajstić information content (AvgIpc) is 3.52. The van der Waals surface area contributed by atoms with Crippen molar-refractivity contribution in [1.29, 1.82) is 0 Å². The van der Waals surface area contributed by atoms with Gasteiger partial charge in [0, 0.05) is 33.4 Å². The molecule has 7 aromatic rings. The van der Waals surface area contributed by atoms with E-state index in [1.165, 1.54) is 10.4 Å². The Hall–Kier alpha value is -3.96. The summed E-state index contributed by atoms with van der Waals surface area (Å²) in [6, 6.07) is 25.0. The molecular weight excluding hydrogens is 402 g/mol. The summed E-state index contributed by atoms with van der Waals surface area (Å²) in [5.74, 6) is 0. The van der Waals surface area contributed by atoms with Crippen LogP contribution in [0.2, 0.25) is 0 Å². The fourth-order valence-electron chi connectivity index (χ4n) is 4.40. The summed E-state index contributed by atoms with van der Waals surface area (Å²) in [5.41, 5.74) is 8.14. The van der Waals surface area contributed by atoms with Gasteiger partial charge in [-0.1, -0.05) is 18.2 Å². The van der Waals surface area contributed by atoms with Gasteiger partial charge in [-0.2, -0.15) is 0 Å². The molecule has 5 heteroatoms. The number of hydrogen-bond donors (Lipinski definition) is 0. The van der Waals surface area contributed by atoms with Gasteiger partial charge in [0.05, 0.1) is 16.7 Å². The number of hydrogen-bond acceptors (Lipinski definition) is 4.